The van der Waals surface area contributed by atoms with Gasteiger partial charge in [-0.2, -0.15) is 0 Å². The Morgan fingerprint density at radius 3 is 2.95 bits per heavy atom. The Balaban J connectivity index is 2.14. The third kappa shape index (κ3) is 3.05. The summed E-state index contributed by atoms with van der Waals surface area (Å²) in [6.07, 6.45) is 0. The molecule has 0 spiro atoms. The fraction of sp³-hybridized carbons (Fsp3) is 0.0909. The van der Waals surface area contributed by atoms with Crippen molar-refractivity contribution in [3.8, 4) is 5.75 Å². The van der Waals surface area contributed by atoms with Gasteiger partial charge in [-0.25, -0.2) is 4.98 Å². The molecular weight excluding hydrogens is 270 g/mol. The molecule has 0 bridgehead atoms. The van der Waals surface area contributed by atoms with Crippen molar-refractivity contribution in [3.05, 3.63) is 50.5 Å². The van der Waals surface area contributed by atoms with E-state index in [1.54, 1.807) is 10.9 Å². The number of aromatic hydroxyl groups is 1. The maximum absolute atomic E-state index is 11.8. The first-order valence-electron chi connectivity index (χ1n) is 5.20. The summed E-state index contributed by atoms with van der Waals surface area (Å²) in [5, 5.41) is 24.5. The average molecular weight is 279 g/mol. The third-order valence-electron chi connectivity index (χ3n) is 2.35. The smallest absolute Gasteiger partial charge is 0.270 e. The monoisotopic (exact) mass is 279 g/mol. The Bertz CT molecular complexity index is 612. The summed E-state index contributed by atoms with van der Waals surface area (Å²) >= 11 is 1.40. The van der Waals surface area contributed by atoms with Gasteiger partial charge in [0, 0.05) is 17.5 Å². The van der Waals surface area contributed by atoms with E-state index in [-0.39, 0.29) is 23.5 Å². The fourth-order valence-corrected chi connectivity index (χ4v) is 1.97. The molecule has 7 nitrogen and oxygen atoms in total. The number of nitro benzene ring substituents is 1. The van der Waals surface area contributed by atoms with E-state index in [1.807, 2.05) is 0 Å². The van der Waals surface area contributed by atoms with E-state index < -0.39 is 10.8 Å². The number of hydrogen-bond donors (Lipinski definition) is 2. The van der Waals surface area contributed by atoms with Crippen LogP contribution in [-0.2, 0) is 6.54 Å². The minimum atomic E-state index is -0.628. The van der Waals surface area contributed by atoms with Crippen molar-refractivity contribution in [2.75, 3.05) is 0 Å². The zero-order chi connectivity index (χ0) is 13.8. The number of phenolic OH excluding ortho intramolecular Hbond substituents is 1. The lowest BCUT2D eigenvalue weighted by Gasteiger charge is -2.05. The van der Waals surface area contributed by atoms with Crippen molar-refractivity contribution < 1.29 is 14.8 Å². The van der Waals surface area contributed by atoms with Gasteiger partial charge in [0.15, 0.2) is 0 Å². The first-order chi connectivity index (χ1) is 9.08. The van der Waals surface area contributed by atoms with Crippen LogP contribution in [0, 0.1) is 10.1 Å². The van der Waals surface area contributed by atoms with Crippen LogP contribution in [0.15, 0.2) is 29.1 Å². The molecule has 98 valence electrons. The molecule has 0 unspecified atom stereocenters. The third-order valence-corrected chi connectivity index (χ3v) is 2.98. The number of phenols is 1. The van der Waals surface area contributed by atoms with Crippen molar-refractivity contribution in [1.82, 2.24) is 10.3 Å². The molecule has 2 aromatic rings. The number of amides is 1. The minimum Gasteiger partial charge on any atom is -0.507 e. The van der Waals surface area contributed by atoms with Crippen LogP contribution in [-0.4, -0.2) is 20.9 Å². The molecule has 0 saturated heterocycles. The van der Waals surface area contributed by atoms with Gasteiger partial charge in [0.1, 0.15) is 5.75 Å². The van der Waals surface area contributed by atoms with Crippen LogP contribution >= 0.6 is 11.3 Å². The summed E-state index contributed by atoms with van der Waals surface area (Å²) in [6.45, 7) is 0.199. The maximum atomic E-state index is 11.8. The Morgan fingerprint density at radius 1 is 1.53 bits per heavy atom. The molecule has 0 radical (unpaired) electrons. The van der Waals surface area contributed by atoms with E-state index in [4.69, 9.17) is 0 Å². The number of non-ortho nitro benzene ring substituents is 1. The highest BCUT2D eigenvalue weighted by molar-refractivity contribution is 7.07. The predicted molar refractivity (Wildman–Crippen MR) is 68.0 cm³/mol. The number of aromatic nitrogens is 1. The lowest BCUT2D eigenvalue weighted by molar-refractivity contribution is -0.384. The van der Waals surface area contributed by atoms with Crippen LogP contribution in [0.3, 0.4) is 0 Å². The largest absolute Gasteiger partial charge is 0.507 e. The van der Waals surface area contributed by atoms with E-state index in [2.05, 4.69) is 10.3 Å². The number of carbonyl (C=O) groups excluding carboxylic acids is 1. The Labute approximate surface area is 111 Å². The van der Waals surface area contributed by atoms with Crippen molar-refractivity contribution in [2.45, 2.75) is 6.54 Å². The summed E-state index contributed by atoms with van der Waals surface area (Å²) in [5.41, 5.74) is 1.93. The van der Waals surface area contributed by atoms with E-state index in [0.29, 0.717) is 5.69 Å². The Kier molecular flexibility index (Phi) is 3.71. The Morgan fingerprint density at radius 2 is 2.32 bits per heavy atom. The highest BCUT2D eigenvalue weighted by atomic mass is 32.1. The summed E-state index contributed by atoms with van der Waals surface area (Å²) in [4.78, 5) is 25.8. The van der Waals surface area contributed by atoms with Crippen LogP contribution in [0.2, 0.25) is 0 Å². The van der Waals surface area contributed by atoms with Gasteiger partial charge in [-0.1, -0.05) is 0 Å². The van der Waals surface area contributed by atoms with Crippen LogP contribution in [0.1, 0.15) is 16.1 Å². The van der Waals surface area contributed by atoms with Gasteiger partial charge in [-0.05, 0) is 6.07 Å². The minimum absolute atomic E-state index is 0.135. The molecule has 0 aliphatic rings. The molecule has 1 aromatic carbocycles. The van der Waals surface area contributed by atoms with Crippen LogP contribution in [0.25, 0.3) is 0 Å². The normalized spacial score (nSPS) is 10.1. The van der Waals surface area contributed by atoms with E-state index >= 15 is 0 Å². The van der Waals surface area contributed by atoms with Crippen molar-refractivity contribution in [3.63, 3.8) is 0 Å². The van der Waals surface area contributed by atoms with Crippen molar-refractivity contribution in [2.24, 2.45) is 0 Å². The molecule has 1 aromatic heterocycles. The van der Waals surface area contributed by atoms with Gasteiger partial charge < -0.3 is 10.4 Å². The molecule has 0 atom stereocenters. The second-order valence-electron chi connectivity index (χ2n) is 3.62. The number of thiazole rings is 1. The summed E-state index contributed by atoms with van der Waals surface area (Å²) in [6, 6.07) is 3.29. The summed E-state index contributed by atoms with van der Waals surface area (Å²) in [5.74, 6) is -0.893. The number of carbonyl (C=O) groups is 1. The number of benzene rings is 1. The quantitative estimate of drug-likeness (QED) is 0.654. The van der Waals surface area contributed by atoms with Gasteiger partial charge in [0.2, 0.25) is 0 Å². The molecule has 8 heteroatoms. The molecular formula is C11H9N3O4S. The lowest BCUT2D eigenvalue weighted by Crippen LogP contribution is -2.23. The number of nitro groups is 1. The fourth-order valence-electron chi connectivity index (χ4n) is 1.41. The van der Waals surface area contributed by atoms with Crippen LogP contribution in [0.4, 0.5) is 5.69 Å². The van der Waals surface area contributed by atoms with Crippen LogP contribution in [0.5, 0.6) is 5.75 Å². The zero-order valence-corrected chi connectivity index (χ0v) is 10.4. The highest BCUT2D eigenvalue weighted by Crippen LogP contribution is 2.22. The SMILES string of the molecule is O=C(NCc1cscn1)c1cc([N+](=O)[O-])ccc1O. The molecule has 0 saturated carbocycles. The molecule has 0 aliphatic carbocycles. The molecule has 1 amide bonds. The number of hydrogen-bond acceptors (Lipinski definition) is 6. The Hall–Kier alpha value is -2.48. The van der Waals surface area contributed by atoms with Gasteiger partial charge in [0.05, 0.1) is 28.2 Å². The van der Waals surface area contributed by atoms with Gasteiger partial charge in [-0.3, -0.25) is 14.9 Å². The van der Waals surface area contributed by atoms with Gasteiger partial charge >= 0.3 is 0 Å². The van der Waals surface area contributed by atoms with Crippen LogP contribution < -0.4 is 5.32 Å². The average Bonchev–Trinajstić information content (AvgIpc) is 2.89. The van der Waals surface area contributed by atoms with Gasteiger partial charge in [-0.15, -0.1) is 11.3 Å². The second-order valence-corrected chi connectivity index (χ2v) is 4.34. The summed E-state index contributed by atoms with van der Waals surface area (Å²) in [7, 11) is 0. The summed E-state index contributed by atoms with van der Waals surface area (Å²) < 4.78 is 0. The van der Waals surface area contributed by atoms with Crippen molar-refractivity contribution >= 4 is 22.9 Å². The number of nitrogens with one attached hydrogen (secondary N) is 1. The molecule has 19 heavy (non-hydrogen) atoms. The van der Waals surface area contributed by atoms with E-state index in [0.717, 1.165) is 18.2 Å². The maximum Gasteiger partial charge on any atom is 0.270 e. The van der Waals surface area contributed by atoms with E-state index in [1.165, 1.54) is 11.3 Å². The zero-order valence-electron chi connectivity index (χ0n) is 9.57. The molecule has 0 aliphatic heterocycles. The standard InChI is InChI=1S/C11H9N3O4S/c15-10-2-1-8(14(17)18)3-9(10)11(16)12-4-7-5-19-6-13-7/h1-3,5-6,15H,4H2,(H,12,16). The lowest BCUT2D eigenvalue weighted by atomic mass is 10.1. The first kappa shape index (κ1) is 13.0. The molecule has 1 heterocycles. The topological polar surface area (TPSA) is 105 Å². The molecule has 2 rings (SSSR count). The van der Waals surface area contributed by atoms with Gasteiger partial charge in [0.25, 0.3) is 11.6 Å². The number of nitrogens with zero attached hydrogens (tertiary/aromatic N) is 2. The van der Waals surface area contributed by atoms with E-state index in [9.17, 15) is 20.0 Å². The molecule has 2 N–H and O–H groups in total. The highest BCUT2D eigenvalue weighted by Gasteiger charge is 2.16. The molecule has 0 fully saturated rings. The predicted octanol–water partition coefficient (Wildman–Crippen LogP) is 1.69. The number of rotatable bonds is 4. The first-order valence-corrected chi connectivity index (χ1v) is 6.15. The second kappa shape index (κ2) is 5.44. The van der Waals surface area contributed by atoms with Crippen molar-refractivity contribution in [1.29, 1.82) is 0 Å².